The van der Waals surface area contributed by atoms with Crippen molar-refractivity contribution in [3.05, 3.63) is 224 Å². The zero-order valence-corrected chi connectivity index (χ0v) is 34.1. The Kier molecular flexibility index (Phi) is 8.79. The third-order valence-electron chi connectivity index (χ3n) is 12.1. The molecule has 0 fully saturated rings. The van der Waals surface area contributed by atoms with Crippen molar-refractivity contribution in [1.29, 1.82) is 0 Å². The van der Waals surface area contributed by atoms with E-state index in [-0.39, 0.29) is 0 Å². The highest BCUT2D eigenvalue weighted by Gasteiger charge is 2.22. The standard InChI is InChI=1S/C59H37N3O/c1-4-15-38(16-5-1)45-21-14-22-46(35-45)59-61-51(41-17-6-2-7-18-41)37-52(62-59)42-31-27-39(28-32-42)40-29-33-43(34-30-40)55-56-47-23-10-12-25-50(47)60-58(44-19-8-3-9-20-44)49(56)36-54-57(55)48-24-11-13-26-53(48)63-54/h1-37H. The van der Waals surface area contributed by atoms with E-state index in [4.69, 9.17) is 19.4 Å². The Labute approximate surface area is 364 Å². The summed E-state index contributed by atoms with van der Waals surface area (Å²) in [6, 6.07) is 78.5. The summed E-state index contributed by atoms with van der Waals surface area (Å²) in [5.74, 6) is 0.691. The van der Waals surface area contributed by atoms with E-state index in [1.165, 1.54) is 5.39 Å². The zero-order valence-electron chi connectivity index (χ0n) is 34.1. The minimum atomic E-state index is 0.691. The molecule has 12 aromatic rings. The Hall–Kier alpha value is -8.47. The highest BCUT2D eigenvalue weighted by atomic mass is 16.3. The molecule has 12 rings (SSSR count). The lowest BCUT2D eigenvalue weighted by atomic mass is 9.89. The van der Waals surface area contributed by atoms with Gasteiger partial charge in [0, 0.05) is 54.7 Å². The van der Waals surface area contributed by atoms with Crippen molar-refractivity contribution in [2.24, 2.45) is 0 Å². The van der Waals surface area contributed by atoms with E-state index in [0.717, 1.165) is 111 Å². The van der Waals surface area contributed by atoms with Crippen molar-refractivity contribution >= 4 is 43.6 Å². The second kappa shape index (κ2) is 15.2. The first-order chi connectivity index (χ1) is 31.2. The summed E-state index contributed by atoms with van der Waals surface area (Å²) < 4.78 is 6.62. The van der Waals surface area contributed by atoms with Crippen LogP contribution in [-0.4, -0.2) is 15.0 Å². The number of pyridine rings is 1. The zero-order chi connectivity index (χ0) is 41.7. The van der Waals surface area contributed by atoms with Gasteiger partial charge in [-0.25, -0.2) is 15.0 Å². The molecular weight excluding hydrogens is 767 g/mol. The Morgan fingerprint density at radius 1 is 0.286 bits per heavy atom. The molecule has 4 heteroatoms. The molecule has 4 nitrogen and oxygen atoms in total. The van der Waals surface area contributed by atoms with E-state index in [0.29, 0.717) is 5.82 Å². The lowest BCUT2D eigenvalue weighted by molar-refractivity contribution is 0.669. The van der Waals surface area contributed by atoms with E-state index in [1.807, 2.05) is 24.3 Å². The van der Waals surface area contributed by atoms with Crippen molar-refractivity contribution in [2.75, 3.05) is 0 Å². The summed E-state index contributed by atoms with van der Waals surface area (Å²) in [5.41, 5.74) is 16.3. The molecular formula is C59H37N3O. The van der Waals surface area contributed by atoms with Gasteiger partial charge in [-0.05, 0) is 58.1 Å². The molecule has 0 aliphatic carbocycles. The van der Waals surface area contributed by atoms with Crippen molar-refractivity contribution in [2.45, 2.75) is 0 Å². The maximum atomic E-state index is 6.62. The monoisotopic (exact) mass is 803 g/mol. The highest BCUT2D eigenvalue weighted by Crippen LogP contribution is 2.46. The van der Waals surface area contributed by atoms with Gasteiger partial charge in [-0.1, -0.05) is 194 Å². The summed E-state index contributed by atoms with van der Waals surface area (Å²) in [4.78, 5) is 15.5. The fraction of sp³-hybridized carbons (Fsp3) is 0. The third kappa shape index (κ3) is 6.53. The predicted molar refractivity (Wildman–Crippen MR) is 260 cm³/mol. The molecule has 294 valence electrons. The van der Waals surface area contributed by atoms with Crippen molar-refractivity contribution < 1.29 is 4.42 Å². The summed E-state index contributed by atoms with van der Waals surface area (Å²) in [6.07, 6.45) is 0. The fourth-order valence-corrected chi connectivity index (χ4v) is 9.03. The third-order valence-corrected chi connectivity index (χ3v) is 12.1. The normalized spacial score (nSPS) is 11.5. The minimum Gasteiger partial charge on any atom is -0.456 e. The molecule has 0 radical (unpaired) electrons. The Morgan fingerprint density at radius 2 is 0.794 bits per heavy atom. The van der Waals surface area contributed by atoms with Crippen LogP contribution in [0.15, 0.2) is 229 Å². The van der Waals surface area contributed by atoms with Crippen molar-refractivity contribution in [3.63, 3.8) is 0 Å². The number of fused-ring (bicyclic) bond motifs is 6. The number of rotatable bonds is 7. The van der Waals surface area contributed by atoms with E-state index >= 15 is 0 Å². The molecule has 0 aliphatic rings. The maximum Gasteiger partial charge on any atom is 0.160 e. The smallest absolute Gasteiger partial charge is 0.160 e. The highest BCUT2D eigenvalue weighted by molar-refractivity contribution is 6.27. The summed E-state index contributed by atoms with van der Waals surface area (Å²) in [6.45, 7) is 0. The number of aromatic nitrogens is 3. The van der Waals surface area contributed by atoms with Crippen LogP contribution in [0.25, 0.3) is 122 Å². The molecule has 0 spiro atoms. The predicted octanol–water partition coefficient (Wildman–Crippen LogP) is 15.7. The second-order valence-corrected chi connectivity index (χ2v) is 15.9. The van der Waals surface area contributed by atoms with Gasteiger partial charge in [-0.3, -0.25) is 0 Å². The first kappa shape index (κ1) is 36.4. The first-order valence-corrected chi connectivity index (χ1v) is 21.3. The summed E-state index contributed by atoms with van der Waals surface area (Å²) in [5, 5.41) is 5.55. The topological polar surface area (TPSA) is 51.8 Å². The van der Waals surface area contributed by atoms with Gasteiger partial charge in [-0.15, -0.1) is 0 Å². The molecule has 0 saturated carbocycles. The molecule has 0 aliphatic heterocycles. The second-order valence-electron chi connectivity index (χ2n) is 15.9. The van der Waals surface area contributed by atoms with Crippen LogP contribution < -0.4 is 0 Å². The van der Waals surface area contributed by atoms with Crippen molar-refractivity contribution in [1.82, 2.24) is 15.0 Å². The maximum absolute atomic E-state index is 6.62. The lowest BCUT2D eigenvalue weighted by Crippen LogP contribution is -1.96. The van der Waals surface area contributed by atoms with Crippen molar-refractivity contribution in [3.8, 4) is 78.5 Å². The van der Waals surface area contributed by atoms with Crippen LogP contribution in [0.2, 0.25) is 0 Å². The first-order valence-electron chi connectivity index (χ1n) is 21.3. The van der Waals surface area contributed by atoms with Gasteiger partial charge >= 0.3 is 0 Å². The number of hydrogen-bond acceptors (Lipinski definition) is 4. The Balaban J connectivity index is 0.962. The van der Waals surface area contributed by atoms with Crippen LogP contribution in [0.1, 0.15) is 0 Å². The number of para-hydroxylation sites is 2. The molecule has 0 bridgehead atoms. The molecule has 3 aromatic heterocycles. The van der Waals surface area contributed by atoms with Crippen LogP contribution in [0, 0.1) is 0 Å². The van der Waals surface area contributed by atoms with Gasteiger partial charge in [0.25, 0.3) is 0 Å². The van der Waals surface area contributed by atoms with Crippen LogP contribution >= 0.6 is 0 Å². The number of benzene rings is 9. The minimum absolute atomic E-state index is 0.691. The van der Waals surface area contributed by atoms with Crippen LogP contribution in [0.3, 0.4) is 0 Å². The van der Waals surface area contributed by atoms with Gasteiger partial charge in [0.1, 0.15) is 11.2 Å². The number of nitrogens with zero attached hydrogens (tertiary/aromatic N) is 3. The van der Waals surface area contributed by atoms with Crippen LogP contribution in [-0.2, 0) is 0 Å². The number of hydrogen-bond donors (Lipinski definition) is 0. The molecule has 0 N–H and O–H groups in total. The van der Waals surface area contributed by atoms with Gasteiger partial charge in [0.2, 0.25) is 0 Å². The van der Waals surface area contributed by atoms with Crippen LogP contribution in [0.4, 0.5) is 0 Å². The number of furan rings is 1. The lowest BCUT2D eigenvalue weighted by Gasteiger charge is -2.16. The largest absolute Gasteiger partial charge is 0.456 e. The van der Waals surface area contributed by atoms with E-state index in [9.17, 15) is 0 Å². The van der Waals surface area contributed by atoms with Gasteiger partial charge < -0.3 is 4.42 Å². The Morgan fingerprint density at radius 3 is 1.49 bits per heavy atom. The average molecular weight is 804 g/mol. The SMILES string of the molecule is c1ccc(-c2cccc(-c3nc(-c4ccccc4)cc(-c4ccc(-c5ccc(-c6c7c(cc8c(-c9ccccc9)nc9ccccc9c68)oc6ccccc67)cc5)cc4)n3)c2)cc1. The Bertz CT molecular complexity index is 3640. The van der Waals surface area contributed by atoms with E-state index < -0.39 is 0 Å². The van der Waals surface area contributed by atoms with Crippen LogP contribution in [0.5, 0.6) is 0 Å². The summed E-state index contributed by atoms with van der Waals surface area (Å²) in [7, 11) is 0. The fourth-order valence-electron chi connectivity index (χ4n) is 9.03. The molecule has 0 unspecified atom stereocenters. The van der Waals surface area contributed by atoms with E-state index in [2.05, 4.69) is 200 Å². The molecule has 0 amide bonds. The quantitative estimate of drug-likeness (QED) is 0.151. The van der Waals surface area contributed by atoms with Gasteiger partial charge in [0.15, 0.2) is 5.82 Å². The molecule has 3 heterocycles. The molecule has 9 aromatic carbocycles. The van der Waals surface area contributed by atoms with Gasteiger partial charge in [0.05, 0.1) is 22.6 Å². The summed E-state index contributed by atoms with van der Waals surface area (Å²) >= 11 is 0. The molecule has 0 saturated heterocycles. The molecule has 0 atom stereocenters. The molecule has 63 heavy (non-hydrogen) atoms. The van der Waals surface area contributed by atoms with E-state index in [1.54, 1.807) is 0 Å². The average Bonchev–Trinajstić information content (AvgIpc) is 3.74. The van der Waals surface area contributed by atoms with Gasteiger partial charge in [-0.2, -0.15) is 0 Å².